The average Bonchev–Trinajstić information content (AvgIpc) is 2.21. The molecule has 0 radical (unpaired) electrons. The Kier molecular flexibility index (Phi) is 12.4. The first-order valence-electron chi connectivity index (χ1n) is 5.76. The molecule has 0 rings (SSSR count). The third kappa shape index (κ3) is 10.8. The predicted molar refractivity (Wildman–Crippen MR) is 73.2 cm³/mol. The molecule has 0 saturated carbocycles. The number of rotatable bonds is 9. The third-order valence-corrected chi connectivity index (χ3v) is 4.18. The van der Waals surface area contributed by atoms with E-state index in [9.17, 15) is 0 Å². The second-order valence-corrected chi connectivity index (χ2v) is 5.26. The van der Waals surface area contributed by atoms with Crippen LogP contribution in [-0.2, 0) is 0 Å². The Morgan fingerprint density at radius 1 is 0.929 bits per heavy atom. The Labute approximate surface area is 106 Å². The van der Waals surface area contributed by atoms with Gasteiger partial charge in [0.1, 0.15) is 0 Å². The molecule has 84 valence electrons. The van der Waals surface area contributed by atoms with E-state index in [1.54, 1.807) is 0 Å². The zero-order valence-electron chi connectivity index (χ0n) is 9.20. The van der Waals surface area contributed by atoms with E-state index >= 15 is 0 Å². The van der Waals surface area contributed by atoms with Crippen LogP contribution in [0.5, 0.6) is 0 Å². The van der Waals surface area contributed by atoms with E-state index in [1.807, 2.05) is 4.99 Å². The molecular weight excluding hydrogens is 304 g/mol. The van der Waals surface area contributed by atoms with Gasteiger partial charge in [0, 0.05) is 4.48 Å². The van der Waals surface area contributed by atoms with E-state index in [1.165, 1.54) is 62.3 Å². The van der Waals surface area contributed by atoms with E-state index in [0.717, 1.165) is 0 Å². The van der Waals surface area contributed by atoms with Crippen molar-refractivity contribution < 1.29 is 0 Å². The highest BCUT2D eigenvalue weighted by Gasteiger charge is 1.93. The van der Waals surface area contributed by atoms with Crippen LogP contribution < -0.4 is 0 Å². The summed E-state index contributed by atoms with van der Waals surface area (Å²) in [5.74, 6) is 0. The molecule has 0 atom stereocenters. The lowest BCUT2D eigenvalue weighted by molar-refractivity contribution is 0.577. The van der Waals surface area contributed by atoms with E-state index in [0.29, 0.717) is 0 Å². The summed E-state index contributed by atoms with van der Waals surface area (Å²) in [6, 6.07) is 0. The Balaban J connectivity index is 2.99. The van der Waals surface area contributed by atoms with Gasteiger partial charge in [-0.15, -0.1) is 0 Å². The molecule has 0 heterocycles. The molecule has 0 aromatic carbocycles. The van der Waals surface area contributed by atoms with Gasteiger partial charge in [-0.1, -0.05) is 83.7 Å². The van der Waals surface area contributed by atoms with Gasteiger partial charge in [0.2, 0.25) is 0 Å². The van der Waals surface area contributed by atoms with Crippen LogP contribution in [0.25, 0.3) is 0 Å². The summed E-state index contributed by atoms with van der Waals surface area (Å²) in [5.41, 5.74) is 0. The quantitative estimate of drug-likeness (QED) is 0.446. The lowest BCUT2D eigenvalue weighted by atomic mass is 10.1. The van der Waals surface area contributed by atoms with Crippen molar-refractivity contribution in [1.29, 1.82) is 0 Å². The summed E-state index contributed by atoms with van der Waals surface area (Å²) >= 11 is 6.81. The molecule has 0 spiro atoms. The lowest BCUT2D eigenvalue weighted by Gasteiger charge is -2.01. The van der Waals surface area contributed by atoms with E-state index in [4.69, 9.17) is 0 Å². The lowest BCUT2D eigenvalue weighted by Crippen LogP contribution is -1.80. The molecule has 0 aromatic heterocycles. The predicted octanol–water partition coefficient (Wildman–Crippen LogP) is 6.15. The summed E-state index contributed by atoms with van der Waals surface area (Å²) in [6.07, 6.45) is 12.3. The number of hydrogen-bond acceptors (Lipinski definition) is 0. The van der Waals surface area contributed by atoms with Gasteiger partial charge in [-0.3, -0.25) is 0 Å². The second-order valence-electron chi connectivity index (χ2n) is 3.78. The average molecular weight is 326 g/mol. The van der Waals surface area contributed by atoms with E-state index in [2.05, 4.69) is 38.8 Å². The zero-order chi connectivity index (χ0) is 10.6. The third-order valence-electron chi connectivity index (χ3n) is 2.39. The highest BCUT2D eigenvalue weighted by atomic mass is 79.9. The van der Waals surface area contributed by atoms with E-state index < -0.39 is 0 Å². The molecule has 0 bridgehead atoms. The Morgan fingerprint density at radius 3 is 1.93 bits per heavy atom. The normalized spacial score (nSPS) is 12.1. The molecule has 0 amide bonds. The topological polar surface area (TPSA) is 0 Å². The van der Waals surface area contributed by atoms with Gasteiger partial charge in [0.05, 0.1) is 0 Å². The maximum Gasteiger partial charge on any atom is 0.00197 e. The van der Waals surface area contributed by atoms with Crippen LogP contribution >= 0.6 is 31.9 Å². The summed E-state index contributed by atoms with van der Waals surface area (Å²) in [5, 5.41) is 0. The Morgan fingerprint density at radius 2 is 1.43 bits per heavy atom. The number of hydrogen-bond donors (Lipinski definition) is 0. The molecule has 0 fully saturated rings. The first-order valence-corrected chi connectivity index (χ1v) is 7.47. The summed E-state index contributed by atoms with van der Waals surface area (Å²) in [7, 11) is 0. The SMILES string of the molecule is CCCCCCCCCCC(Br)=CBr. The molecular formula is C12H22Br2. The van der Waals surface area contributed by atoms with Crippen molar-refractivity contribution in [2.45, 2.75) is 64.7 Å². The molecule has 0 aliphatic heterocycles. The van der Waals surface area contributed by atoms with E-state index in [-0.39, 0.29) is 0 Å². The molecule has 2 heteroatoms. The molecule has 0 aliphatic carbocycles. The van der Waals surface area contributed by atoms with Crippen LogP contribution in [0.4, 0.5) is 0 Å². The first-order chi connectivity index (χ1) is 6.81. The smallest absolute Gasteiger partial charge is 0.00197 e. The van der Waals surface area contributed by atoms with Gasteiger partial charge in [-0.25, -0.2) is 0 Å². The molecule has 14 heavy (non-hydrogen) atoms. The van der Waals surface area contributed by atoms with Gasteiger partial charge in [-0.05, 0) is 17.8 Å². The molecule has 0 aliphatic rings. The zero-order valence-corrected chi connectivity index (χ0v) is 12.4. The van der Waals surface area contributed by atoms with Gasteiger partial charge < -0.3 is 0 Å². The fourth-order valence-corrected chi connectivity index (χ4v) is 1.99. The van der Waals surface area contributed by atoms with Crippen molar-refractivity contribution >= 4 is 31.9 Å². The maximum absolute atomic E-state index is 3.49. The van der Waals surface area contributed by atoms with Crippen molar-refractivity contribution in [3.05, 3.63) is 9.47 Å². The summed E-state index contributed by atoms with van der Waals surface area (Å²) in [6.45, 7) is 2.27. The van der Waals surface area contributed by atoms with Crippen LogP contribution in [0.15, 0.2) is 9.47 Å². The minimum absolute atomic E-state index is 1.18. The first kappa shape index (κ1) is 14.7. The van der Waals surface area contributed by atoms with Crippen LogP contribution in [0.2, 0.25) is 0 Å². The van der Waals surface area contributed by atoms with Crippen LogP contribution in [0.1, 0.15) is 64.7 Å². The van der Waals surface area contributed by atoms with Crippen LogP contribution in [0, 0.1) is 0 Å². The van der Waals surface area contributed by atoms with Crippen molar-refractivity contribution in [3.8, 4) is 0 Å². The summed E-state index contributed by atoms with van der Waals surface area (Å²) in [4.78, 5) is 1.97. The summed E-state index contributed by atoms with van der Waals surface area (Å²) < 4.78 is 1.28. The number of allylic oxidation sites excluding steroid dienone is 1. The minimum Gasteiger partial charge on any atom is -0.0654 e. The van der Waals surface area contributed by atoms with Crippen molar-refractivity contribution in [3.63, 3.8) is 0 Å². The molecule has 0 saturated heterocycles. The largest absolute Gasteiger partial charge is 0.0654 e. The number of halogens is 2. The Bertz CT molecular complexity index is 141. The Hall–Kier alpha value is 0.700. The highest BCUT2D eigenvalue weighted by molar-refractivity contribution is 9.14. The maximum atomic E-state index is 3.49. The van der Waals surface area contributed by atoms with Crippen LogP contribution in [0.3, 0.4) is 0 Å². The number of unbranched alkanes of at least 4 members (excludes halogenated alkanes) is 7. The standard InChI is InChI=1S/C12H22Br2/c1-2-3-4-5-6-7-8-9-10-12(14)11-13/h11H,2-10H2,1H3. The molecule has 0 nitrogen and oxygen atoms in total. The molecule has 0 unspecified atom stereocenters. The van der Waals surface area contributed by atoms with Gasteiger partial charge in [-0.2, -0.15) is 0 Å². The van der Waals surface area contributed by atoms with Gasteiger partial charge in [0.15, 0.2) is 0 Å². The highest BCUT2D eigenvalue weighted by Crippen LogP contribution is 2.17. The fourth-order valence-electron chi connectivity index (χ4n) is 1.48. The van der Waals surface area contributed by atoms with Gasteiger partial charge in [0.25, 0.3) is 0 Å². The van der Waals surface area contributed by atoms with Crippen molar-refractivity contribution in [2.75, 3.05) is 0 Å². The van der Waals surface area contributed by atoms with Crippen molar-refractivity contribution in [2.24, 2.45) is 0 Å². The monoisotopic (exact) mass is 324 g/mol. The molecule has 0 aromatic rings. The fraction of sp³-hybridized carbons (Fsp3) is 0.833. The minimum atomic E-state index is 1.18. The second kappa shape index (κ2) is 11.8. The van der Waals surface area contributed by atoms with Crippen molar-refractivity contribution in [1.82, 2.24) is 0 Å². The van der Waals surface area contributed by atoms with Gasteiger partial charge >= 0.3 is 0 Å². The van der Waals surface area contributed by atoms with Crippen LogP contribution in [-0.4, -0.2) is 0 Å². The molecule has 0 N–H and O–H groups in total.